The number of carboxylic acid groups (broad SMARTS) is 1. The number of H-pyrrole nitrogens is 1. The van der Waals surface area contributed by atoms with E-state index in [2.05, 4.69) is 66.6 Å². The van der Waals surface area contributed by atoms with E-state index in [1.165, 1.54) is 27.6 Å². The molecule has 0 spiro atoms. The minimum absolute atomic E-state index is 0. The Kier molecular flexibility index (Phi) is 8.62. The van der Waals surface area contributed by atoms with E-state index in [1.807, 2.05) is 4.90 Å². The summed E-state index contributed by atoms with van der Waals surface area (Å²) in [6, 6.07) is 6.18. The minimum atomic E-state index is -0.944. The third kappa shape index (κ3) is 5.10. The van der Waals surface area contributed by atoms with Crippen LogP contribution in [0.25, 0.3) is 16.5 Å². The topological polar surface area (TPSA) is 106 Å². The van der Waals surface area contributed by atoms with Gasteiger partial charge in [-0.15, -0.1) is 0 Å². The third-order valence-electron chi connectivity index (χ3n) is 6.95. The molecule has 3 atom stereocenters. The van der Waals surface area contributed by atoms with Crippen LogP contribution in [0.3, 0.4) is 0 Å². The van der Waals surface area contributed by atoms with Crippen molar-refractivity contribution in [1.82, 2.24) is 20.1 Å². The molecule has 1 aliphatic carbocycles. The van der Waals surface area contributed by atoms with Gasteiger partial charge in [0.15, 0.2) is 0 Å². The SMILES string of the molecule is CCN(CC)C(=O)[C@@H]1C=C2c3cccc4[nH]cc(c34)C[C@H]2N(C)C1.O=C1CCC(C(=O)O)N1.[H-].[Na+]. The number of fused-ring (bicyclic) bond motifs is 2. The van der Waals surface area contributed by atoms with Crippen LogP contribution >= 0.6 is 0 Å². The van der Waals surface area contributed by atoms with Gasteiger partial charge in [-0.2, -0.15) is 0 Å². The summed E-state index contributed by atoms with van der Waals surface area (Å²) in [6.07, 6.45) is 6.18. The van der Waals surface area contributed by atoms with Crippen LogP contribution < -0.4 is 34.9 Å². The Hall–Kier alpha value is -2.13. The Labute approximate surface area is 223 Å². The Balaban J connectivity index is 0.000000336. The molecular formula is C25H33N4NaO4. The maximum atomic E-state index is 12.9. The van der Waals surface area contributed by atoms with Crippen molar-refractivity contribution in [3.05, 3.63) is 41.6 Å². The summed E-state index contributed by atoms with van der Waals surface area (Å²) in [5.74, 6) is -0.898. The molecule has 1 unspecified atom stereocenters. The van der Waals surface area contributed by atoms with Crippen molar-refractivity contribution in [1.29, 1.82) is 0 Å². The summed E-state index contributed by atoms with van der Waals surface area (Å²) < 4.78 is 0. The van der Waals surface area contributed by atoms with Crippen LogP contribution in [-0.4, -0.2) is 76.4 Å². The molecule has 0 saturated carbocycles. The fourth-order valence-electron chi connectivity index (χ4n) is 5.17. The first-order valence-corrected chi connectivity index (χ1v) is 11.7. The van der Waals surface area contributed by atoms with Crippen molar-refractivity contribution in [3.63, 3.8) is 0 Å². The average molecular weight is 477 g/mol. The average Bonchev–Trinajstić information content (AvgIpc) is 3.43. The summed E-state index contributed by atoms with van der Waals surface area (Å²) >= 11 is 0. The first-order chi connectivity index (χ1) is 15.8. The van der Waals surface area contributed by atoms with Gasteiger partial charge in [0.2, 0.25) is 11.8 Å². The predicted molar refractivity (Wildman–Crippen MR) is 128 cm³/mol. The second kappa shape index (κ2) is 11.1. The van der Waals surface area contributed by atoms with Crippen LogP contribution in [0.5, 0.6) is 0 Å². The number of nitrogens with one attached hydrogen (secondary N) is 2. The van der Waals surface area contributed by atoms with Gasteiger partial charge in [-0.25, -0.2) is 4.79 Å². The van der Waals surface area contributed by atoms with Crippen LogP contribution in [0.4, 0.5) is 0 Å². The predicted octanol–water partition coefficient (Wildman–Crippen LogP) is -0.628. The molecule has 34 heavy (non-hydrogen) atoms. The number of hydrogen-bond acceptors (Lipinski definition) is 4. The van der Waals surface area contributed by atoms with Gasteiger partial charge in [-0.1, -0.05) is 18.2 Å². The molecule has 3 N–H and O–H groups in total. The van der Waals surface area contributed by atoms with E-state index in [4.69, 9.17) is 5.11 Å². The zero-order chi connectivity index (χ0) is 23.7. The fourth-order valence-corrected chi connectivity index (χ4v) is 5.17. The Bertz CT molecular complexity index is 1110. The number of carbonyl (C=O) groups excluding carboxylic acids is 2. The van der Waals surface area contributed by atoms with Gasteiger partial charge >= 0.3 is 35.5 Å². The largest absolute Gasteiger partial charge is 1.00 e. The quantitative estimate of drug-likeness (QED) is 0.510. The maximum Gasteiger partial charge on any atom is 1.00 e. The number of rotatable bonds is 4. The molecule has 178 valence electrons. The van der Waals surface area contributed by atoms with E-state index in [0.717, 1.165) is 26.1 Å². The number of benzene rings is 1. The number of aromatic nitrogens is 1. The van der Waals surface area contributed by atoms with Crippen molar-refractivity contribution in [2.45, 2.75) is 45.2 Å². The number of nitrogens with zero attached hydrogens (tertiary/aromatic N) is 2. The maximum absolute atomic E-state index is 12.9. The molecule has 3 aliphatic rings. The number of aliphatic carboxylic acids is 1. The van der Waals surface area contributed by atoms with E-state index in [1.54, 1.807) is 0 Å². The second-order valence-electron chi connectivity index (χ2n) is 8.94. The summed E-state index contributed by atoms with van der Waals surface area (Å²) in [6.45, 7) is 6.47. The van der Waals surface area contributed by atoms with Gasteiger partial charge in [0.25, 0.3) is 0 Å². The molecular weight excluding hydrogens is 443 g/mol. The monoisotopic (exact) mass is 476 g/mol. The minimum Gasteiger partial charge on any atom is -1.00 e. The summed E-state index contributed by atoms with van der Waals surface area (Å²) in [4.78, 5) is 41.1. The molecule has 2 aromatic rings. The van der Waals surface area contributed by atoms with Crippen LogP contribution in [0, 0.1) is 5.92 Å². The third-order valence-corrected chi connectivity index (χ3v) is 6.95. The van der Waals surface area contributed by atoms with Crippen molar-refractivity contribution in [2.24, 2.45) is 5.92 Å². The molecule has 8 nitrogen and oxygen atoms in total. The molecule has 3 heterocycles. The number of carboxylic acids is 1. The van der Waals surface area contributed by atoms with E-state index in [9.17, 15) is 14.4 Å². The molecule has 1 fully saturated rings. The fraction of sp³-hybridized carbons (Fsp3) is 0.480. The molecule has 2 aliphatic heterocycles. The Morgan fingerprint density at radius 1 is 1.26 bits per heavy atom. The van der Waals surface area contributed by atoms with Crippen LogP contribution in [-0.2, 0) is 20.8 Å². The molecule has 1 saturated heterocycles. The summed E-state index contributed by atoms with van der Waals surface area (Å²) in [7, 11) is 2.15. The van der Waals surface area contributed by atoms with Crippen molar-refractivity contribution in [2.75, 3.05) is 26.7 Å². The van der Waals surface area contributed by atoms with Crippen LogP contribution in [0.15, 0.2) is 30.5 Å². The standard InChI is InChI=1S/C20H25N3O.C5H7NO3.Na.H/c1-4-23(5-2)20(24)14-9-16-15-7-6-8-17-19(15)13(11-21-17)10-18(16)22(3)12-14;7-4-2-1-3(6-4)5(8)9;;/h6-9,11,14,18,21H,4-5,10,12H2,1-3H3;3H,1-2H2,(H,6,7)(H,8,9);;/q;;+1;-1/t14-,18-;;;/m1.../s1. The first-order valence-electron chi connectivity index (χ1n) is 11.7. The van der Waals surface area contributed by atoms with Gasteiger partial charge in [0, 0.05) is 49.2 Å². The Morgan fingerprint density at radius 2 is 2.00 bits per heavy atom. The molecule has 0 radical (unpaired) electrons. The van der Waals surface area contributed by atoms with Gasteiger partial charge in [0.05, 0.1) is 5.92 Å². The van der Waals surface area contributed by atoms with Gasteiger partial charge in [0.1, 0.15) is 6.04 Å². The van der Waals surface area contributed by atoms with Gasteiger partial charge < -0.3 is 21.7 Å². The van der Waals surface area contributed by atoms with E-state index in [-0.39, 0.29) is 48.7 Å². The molecule has 2 amide bonds. The van der Waals surface area contributed by atoms with Gasteiger partial charge in [-0.05, 0) is 56.5 Å². The first kappa shape index (κ1) is 26.5. The van der Waals surface area contributed by atoms with Gasteiger partial charge in [-0.3, -0.25) is 14.5 Å². The van der Waals surface area contributed by atoms with Crippen molar-refractivity contribution < 1.29 is 50.5 Å². The number of hydrogen-bond donors (Lipinski definition) is 3. The number of likely N-dealkylation sites (N-methyl/N-ethyl adjacent to an activating group) is 1. The van der Waals surface area contributed by atoms with E-state index in [0.29, 0.717) is 18.9 Å². The normalized spacial score (nSPS) is 23.1. The van der Waals surface area contributed by atoms with E-state index < -0.39 is 12.0 Å². The van der Waals surface area contributed by atoms with Crippen molar-refractivity contribution >= 4 is 34.3 Å². The summed E-state index contributed by atoms with van der Waals surface area (Å²) in [5, 5.41) is 12.0. The van der Waals surface area contributed by atoms with Crippen LogP contribution in [0.1, 0.15) is 39.2 Å². The number of amides is 2. The number of aromatic amines is 1. The Morgan fingerprint density at radius 3 is 2.59 bits per heavy atom. The molecule has 1 aromatic carbocycles. The summed E-state index contributed by atoms with van der Waals surface area (Å²) in [5.41, 5.74) is 5.21. The zero-order valence-corrected chi connectivity index (χ0v) is 22.4. The number of carbonyl (C=O) groups is 3. The van der Waals surface area contributed by atoms with Crippen molar-refractivity contribution in [3.8, 4) is 0 Å². The van der Waals surface area contributed by atoms with E-state index >= 15 is 0 Å². The molecule has 9 heteroatoms. The zero-order valence-electron chi connectivity index (χ0n) is 21.4. The molecule has 5 rings (SSSR count). The smallest absolute Gasteiger partial charge is 1.00 e. The molecule has 1 aromatic heterocycles. The second-order valence-corrected chi connectivity index (χ2v) is 8.94. The van der Waals surface area contributed by atoms with Crippen LogP contribution in [0.2, 0.25) is 0 Å². The molecule has 0 bridgehead atoms.